The van der Waals surface area contributed by atoms with E-state index in [9.17, 15) is 4.79 Å². The van der Waals surface area contributed by atoms with Gasteiger partial charge in [0.2, 0.25) is 0 Å². The molecule has 0 saturated carbocycles. The van der Waals surface area contributed by atoms with E-state index in [0.29, 0.717) is 5.82 Å². The third kappa shape index (κ3) is 2.63. The third-order valence-corrected chi connectivity index (χ3v) is 5.92. The second-order valence-electron chi connectivity index (χ2n) is 6.60. The van der Waals surface area contributed by atoms with E-state index >= 15 is 0 Å². The Bertz CT molecular complexity index is 938. The highest BCUT2D eigenvalue weighted by molar-refractivity contribution is 7.18. The molecule has 1 aliphatic rings. The van der Waals surface area contributed by atoms with E-state index in [0.717, 1.165) is 34.3 Å². The summed E-state index contributed by atoms with van der Waals surface area (Å²) in [5, 5.41) is 0.825. The van der Waals surface area contributed by atoms with Crippen molar-refractivity contribution >= 4 is 27.2 Å². The van der Waals surface area contributed by atoms with E-state index < -0.39 is 0 Å². The van der Waals surface area contributed by atoms with Crippen molar-refractivity contribution < 1.29 is 0 Å². The predicted molar refractivity (Wildman–Crippen MR) is 101 cm³/mol. The fraction of sp³-hybridized carbons (Fsp3) is 0.368. The predicted octanol–water partition coefficient (Wildman–Crippen LogP) is 3.99. The van der Waals surface area contributed by atoms with Crippen LogP contribution in [-0.4, -0.2) is 24.1 Å². The molecule has 4 nitrogen and oxygen atoms in total. The number of hydrogen-bond donors (Lipinski definition) is 1. The third-order valence-electron chi connectivity index (χ3n) is 4.73. The van der Waals surface area contributed by atoms with Crippen molar-refractivity contribution in [3.05, 3.63) is 45.1 Å². The van der Waals surface area contributed by atoms with Crippen LogP contribution in [0.5, 0.6) is 0 Å². The van der Waals surface area contributed by atoms with E-state index in [1.54, 1.807) is 11.3 Å². The van der Waals surface area contributed by atoms with Crippen LogP contribution in [0.1, 0.15) is 29.7 Å². The summed E-state index contributed by atoms with van der Waals surface area (Å²) in [6.07, 6.45) is 5.74. The van der Waals surface area contributed by atoms with Gasteiger partial charge in [0.1, 0.15) is 10.7 Å². The number of fused-ring (bicyclic) bond motifs is 3. The molecule has 0 aliphatic heterocycles. The molecule has 0 saturated heterocycles. The monoisotopic (exact) mass is 339 g/mol. The number of aryl methyl sites for hydroxylation is 2. The molecule has 5 heteroatoms. The highest BCUT2D eigenvalue weighted by Gasteiger charge is 2.19. The highest BCUT2D eigenvalue weighted by atomic mass is 32.1. The van der Waals surface area contributed by atoms with Gasteiger partial charge in [-0.2, -0.15) is 0 Å². The molecule has 24 heavy (non-hydrogen) atoms. The Kier molecular flexibility index (Phi) is 3.88. The largest absolute Gasteiger partial charge is 0.378 e. The number of nitrogens with zero attached hydrogens (tertiary/aromatic N) is 2. The smallest absolute Gasteiger partial charge is 0.260 e. The number of aromatic nitrogens is 2. The van der Waals surface area contributed by atoms with Crippen LogP contribution in [0.3, 0.4) is 0 Å². The Morgan fingerprint density at radius 3 is 2.58 bits per heavy atom. The van der Waals surface area contributed by atoms with Crippen molar-refractivity contribution in [2.24, 2.45) is 0 Å². The quantitative estimate of drug-likeness (QED) is 0.718. The zero-order valence-electron chi connectivity index (χ0n) is 14.1. The fourth-order valence-electron chi connectivity index (χ4n) is 3.39. The van der Waals surface area contributed by atoms with Crippen molar-refractivity contribution in [2.45, 2.75) is 32.1 Å². The standard InChI is InChI=1S/C19H21N3OS/c1-22(2)13-10-8-12(9-11-13)17-20-18(23)16-14-6-4-3-5-7-15(14)24-19(16)21-17/h8-11H,3-7H2,1-2H3,(H,20,21,23). The first kappa shape index (κ1) is 15.4. The minimum atomic E-state index is 0.00564. The van der Waals surface area contributed by atoms with Gasteiger partial charge in [-0.1, -0.05) is 6.42 Å². The van der Waals surface area contributed by atoms with E-state index in [1.807, 2.05) is 38.4 Å². The van der Waals surface area contributed by atoms with Crippen molar-refractivity contribution in [2.75, 3.05) is 19.0 Å². The number of nitrogens with one attached hydrogen (secondary N) is 1. The van der Waals surface area contributed by atoms with Crippen LogP contribution < -0.4 is 10.5 Å². The topological polar surface area (TPSA) is 49.0 Å². The normalized spacial score (nSPS) is 14.4. The van der Waals surface area contributed by atoms with Crippen LogP contribution >= 0.6 is 11.3 Å². The summed E-state index contributed by atoms with van der Waals surface area (Å²) in [4.78, 5) is 24.8. The van der Waals surface area contributed by atoms with Gasteiger partial charge in [-0.15, -0.1) is 11.3 Å². The number of aromatic amines is 1. The Morgan fingerprint density at radius 2 is 1.83 bits per heavy atom. The van der Waals surface area contributed by atoms with E-state index in [-0.39, 0.29) is 5.56 Å². The molecule has 124 valence electrons. The lowest BCUT2D eigenvalue weighted by Gasteiger charge is -2.12. The minimum Gasteiger partial charge on any atom is -0.378 e. The molecule has 0 unspecified atom stereocenters. The lowest BCUT2D eigenvalue weighted by Crippen LogP contribution is -2.10. The Balaban J connectivity index is 1.82. The number of hydrogen-bond acceptors (Lipinski definition) is 4. The van der Waals surface area contributed by atoms with E-state index in [4.69, 9.17) is 4.98 Å². The van der Waals surface area contributed by atoms with Gasteiger partial charge in [0.05, 0.1) is 5.39 Å². The molecule has 0 atom stereocenters. The Morgan fingerprint density at radius 1 is 1.08 bits per heavy atom. The zero-order chi connectivity index (χ0) is 16.7. The van der Waals surface area contributed by atoms with Gasteiger partial charge in [0, 0.05) is 30.2 Å². The number of rotatable bonds is 2. The molecular weight excluding hydrogens is 318 g/mol. The average molecular weight is 339 g/mol. The van der Waals surface area contributed by atoms with E-state index in [2.05, 4.69) is 9.88 Å². The van der Waals surface area contributed by atoms with Crippen molar-refractivity contribution in [3.8, 4) is 11.4 Å². The average Bonchev–Trinajstić information content (AvgIpc) is 2.77. The number of benzene rings is 1. The van der Waals surface area contributed by atoms with Crippen LogP contribution in [0.4, 0.5) is 5.69 Å². The summed E-state index contributed by atoms with van der Waals surface area (Å²) in [5.74, 6) is 0.661. The molecule has 0 fully saturated rings. The molecular formula is C19H21N3OS. The first-order valence-electron chi connectivity index (χ1n) is 8.46. The molecule has 0 spiro atoms. The minimum absolute atomic E-state index is 0.00564. The summed E-state index contributed by atoms with van der Waals surface area (Å²) < 4.78 is 0. The summed E-state index contributed by atoms with van der Waals surface area (Å²) in [5.41, 5.74) is 3.33. The van der Waals surface area contributed by atoms with Crippen LogP contribution in [0, 0.1) is 0 Å². The van der Waals surface area contributed by atoms with Gasteiger partial charge in [-0.25, -0.2) is 4.98 Å². The van der Waals surface area contributed by atoms with Crippen LogP contribution in [0.2, 0.25) is 0 Å². The van der Waals surface area contributed by atoms with Crippen molar-refractivity contribution in [1.82, 2.24) is 9.97 Å². The highest BCUT2D eigenvalue weighted by Crippen LogP contribution is 2.33. The summed E-state index contributed by atoms with van der Waals surface area (Å²) in [7, 11) is 4.03. The van der Waals surface area contributed by atoms with Crippen LogP contribution in [-0.2, 0) is 12.8 Å². The van der Waals surface area contributed by atoms with Gasteiger partial charge < -0.3 is 9.88 Å². The van der Waals surface area contributed by atoms with E-state index in [1.165, 1.54) is 29.7 Å². The second kappa shape index (κ2) is 6.06. The summed E-state index contributed by atoms with van der Waals surface area (Å²) in [6, 6.07) is 8.11. The molecule has 0 amide bonds. The van der Waals surface area contributed by atoms with Crippen molar-refractivity contribution in [1.29, 1.82) is 0 Å². The number of H-pyrrole nitrogens is 1. The fourth-order valence-corrected chi connectivity index (χ4v) is 4.66. The number of thiophene rings is 1. The van der Waals surface area contributed by atoms with Gasteiger partial charge in [-0.3, -0.25) is 4.79 Å². The lowest BCUT2D eigenvalue weighted by molar-refractivity contribution is 0.713. The number of anilines is 1. The van der Waals surface area contributed by atoms with Crippen LogP contribution in [0.25, 0.3) is 21.6 Å². The first-order chi connectivity index (χ1) is 11.6. The van der Waals surface area contributed by atoms with Gasteiger partial charge >= 0.3 is 0 Å². The molecule has 2 aromatic heterocycles. The molecule has 1 aliphatic carbocycles. The maximum absolute atomic E-state index is 12.7. The Labute approximate surface area is 145 Å². The maximum Gasteiger partial charge on any atom is 0.260 e. The molecule has 0 radical (unpaired) electrons. The zero-order valence-corrected chi connectivity index (χ0v) is 14.9. The van der Waals surface area contributed by atoms with Gasteiger partial charge in [-0.05, 0) is 55.5 Å². The molecule has 3 aromatic rings. The SMILES string of the molecule is CN(C)c1ccc(-c2nc3sc4c(c3c(=O)[nH]2)CCCCC4)cc1. The van der Waals surface area contributed by atoms with Gasteiger partial charge in [0.15, 0.2) is 0 Å². The second-order valence-corrected chi connectivity index (χ2v) is 7.68. The molecule has 1 N–H and O–H groups in total. The lowest BCUT2D eigenvalue weighted by atomic mass is 10.1. The summed E-state index contributed by atoms with van der Waals surface area (Å²) in [6.45, 7) is 0. The Hall–Kier alpha value is -2.14. The molecule has 2 heterocycles. The first-order valence-corrected chi connectivity index (χ1v) is 9.27. The maximum atomic E-state index is 12.7. The molecule has 0 bridgehead atoms. The van der Waals surface area contributed by atoms with Crippen LogP contribution in [0.15, 0.2) is 29.1 Å². The van der Waals surface area contributed by atoms with Gasteiger partial charge in [0.25, 0.3) is 5.56 Å². The summed E-state index contributed by atoms with van der Waals surface area (Å²) >= 11 is 1.70. The molecule has 1 aromatic carbocycles. The van der Waals surface area contributed by atoms with Crippen molar-refractivity contribution in [3.63, 3.8) is 0 Å². The molecule has 4 rings (SSSR count).